The first-order valence-electron chi connectivity index (χ1n) is 7.70. The molecule has 5 nitrogen and oxygen atoms in total. The Kier molecular flexibility index (Phi) is 4.81. The fraction of sp³-hybridized carbons (Fsp3) is 0.294. The highest BCUT2D eigenvalue weighted by Crippen LogP contribution is 2.23. The first kappa shape index (κ1) is 15.8. The molecule has 120 valence electrons. The van der Waals surface area contributed by atoms with Gasteiger partial charge in [0.15, 0.2) is 0 Å². The quantitative estimate of drug-likeness (QED) is 0.799. The predicted octanol–water partition coefficient (Wildman–Crippen LogP) is 3.76. The summed E-state index contributed by atoms with van der Waals surface area (Å²) >= 11 is 3.38. The molecular formula is C17H19BrN4O. The molecule has 0 aliphatic heterocycles. The SMILES string of the molecule is CC1=C(NNc2cnn(-c3ccccc3)c(=O)c2Br)CCCC1. The minimum atomic E-state index is -0.197. The number of benzene rings is 1. The first-order valence-corrected chi connectivity index (χ1v) is 8.50. The number of hydrazine groups is 1. The number of halogens is 1. The molecule has 0 saturated carbocycles. The van der Waals surface area contributed by atoms with Crippen LogP contribution in [0.4, 0.5) is 5.69 Å². The summed E-state index contributed by atoms with van der Waals surface area (Å²) in [5, 5.41) is 4.25. The van der Waals surface area contributed by atoms with Gasteiger partial charge < -0.3 is 5.43 Å². The van der Waals surface area contributed by atoms with Crippen LogP contribution in [0.25, 0.3) is 5.69 Å². The molecular weight excluding hydrogens is 356 g/mol. The molecule has 3 rings (SSSR count). The maximum absolute atomic E-state index is 12.5. The van der Waals surface area contributed by atoms with Crippen LogP contribution in [0.15, 0.2) is 57.1 Å². The van der Waals surface area contributed by atoms with Crippen molar-refractivity contribution in [3.8, 4) is 5.69 Å². The van der Waals surface area contributed by atoms with Crippen LogP contribution in [0.5, 0.6) is 0 Å². The van der Waals surface area contributed by atoms with E-state index in [4.69, 9.17) is 0 Å². The lowest BCUT2D eigenvalue weighted by molar-refractivity contribution is 0.636. The van der Waals surface area contributed by atoms with Crippen molar-refractivity contribution >= 4 is 21.6 Å². The lowest BCUT2D eigenvalue weighted by atomic mass is 9.98. The van der Waals surface area contributed by atoms with Crippen molar-refractivity contribution < 1.29 is 0 Å². The van der Waals surface area contributed by atoms with Crippen LogP contribution in [0.1, 0.15) is 32.6 Å². The molecule has 0 bridgehead atoms. The predicted molar refractivity (Wildman–Crippen MR) is 95.5 cm³/mol. The molecule has 0 saturated heterocycles. The molecule has 1 aromatic heterocycles. The van der Waals surface area contributed by atoms with Gasteiger partial charge in [-0.25, -0.2) is 0 Å². The third-order valence-electron chi connectivity index (χ3n) is 4.01. The Labute approximate surface area is 143 Å². The molecule has 6 heteroatoms. The monoisotopic (exact) mass is 374 g/mol. The zero-order valence-corrected chi connectivity index (χ0v) is 14.6. The smallest absolute Gasteiger partial charge is 0.287 e. The van der Waals surface area contributed by atoms with E-state index in [9.17, 15) is 4.79 Å². The first-order chi connectivity index (χ1) is 11.2. The average Bonchev–Trinajstić information content (AvgIpc) is 2.58. The number of hydrogen-bond acceptors (Lipinski definition) is 4. The van der Waals surface area contributed by atoms with E-state index in [2.05, 4.69) is 38.8 Å². The molecule has 0 amide bonds. The summed E-state index contributed by atoms with van der Waals surface area (Å²) in [6.45, 7) is 2.14. The number of nitrogens with zero attached hydrogens (tertiary/aromatic N) is 2. The molecule has 0 fully saturated rings. The molecule has 0 atom stereocenters. The van der Waals surface area contributed by atoms with Gasteiger partial charge in [0, 0.05) is 5.70 Å². The van der Waals surface area contributed by atoms with E-state index < -0.39 is 0 Å². The van der Waals surface area contributed by atoms with E-state index in [0.717, 1.165) is 18.5 Å². The van der Waals surface area contributed by atoms with E-state index >= 15 is 0 Å². The summed E-state index contributed by atoms with van der Waals surface area (Å²) in [7, 11) is 0. The number of anilines is 1. The average molecular weight is 375 g/mol. The second-order valence-electron chi connectivity index (χ2n) is 5.64. The van der Waals surface area contributed by atoms with Crippen molar-refractivity contribution in [3.05, 3.63) is 62.6 Å². The molecule has 0 spiro atoms. The Bertz CT molecular complexity index is 783. The minimum absolute atomic E-state index is 0.197. The Morgan fingerprint density at radius 2 is 1.87 bits per heavy atom. The normalized spacial score (nSPS) is 14.7. The summed E-state index contributed by atoms with van der Waals surface area (Å²) in [6.07, 6.45) is 6.24. The van der Waals surface area contributed by atoms with Gasteiger partial charge in [0.25, 0.3) is 5.56 Å². The second kappa shape index (κ2) is 7.00. The van der Waals surface area contributed by atoms with E-state index in [-0.39, 0.29) is 5.56 Å². The van der Waals surface area contributed by atoms with Crippen LogP contribution in [0.2, 0.25) is 0 Å². The number of para-hydroxylation sites is 1. The van der Waals surface area contributed by atoms with Gasteiger partial charge in [0.05, 0.1) is 17.6 Å². The van der Waals surface area contributed by atoms with Gasteiger partial charge in [0.1, 0.15) is 4.47 Å². The fourth-order valence-electron chi connectivity index (χ4n) is 2.64. The van der Waals surface area contributed by atoms with Crippen molar-refractivity contribution in [1.29, 1.82) is 0 Å². The molecule has 0 radical (unpaired) electrons. The van der Waals surface area contributed by atoms with Gasteiger partial charge in [0.2, 0.25) is 0 Å². The third kappa shape index (κ3) is 3.47. The summed E-state index contributed by atoms with van der Waals surface area (Å²) < 4.78 is 1.83. The topological polar surface area (TPSA) is 59.0 Å². The van der Waals surface area contributed by atoms with Crippen LogP contribution in [-0.4, -0.2) is 9.78 Å². The fourth-order valence-corrected chi connectivity index (χ4v) is 3.01. The maximum atomic E-state index is 12.5. The van der Waals surface area contributed by atoms with Crippen molar-refractivity contribution in [1.82, 2.24) is 15.2 Å². The number of aromatic nitrogens is 2. The van der Waals surface area contributed by atoms with E-state index in [1.54, 1.807) is 6.20 Å². The number of allylic oxidation sites excluding steroid dienone is 2. The van der Waals surface area contributed by atoms with Crippen molar-refractivity contribution in [2.24, 2.45) is 0 Å². The summed E-state index contributed by atoms with van der Waals surface area (Å²) in [5.41, 5.74) is 10.1. The Balaban J connectivity index is 1.82. The van der Waals surface area contributed by atoms with Crippen LogP contribution < -0.4 is 16.4 Å². The molecule has 0 unspecified atom stereocenters. The van der Waals surface area contributed by atoms with Gasteiger partial charge >= 0.3 is 0 Å². The van der Waals surface area contributed by atoms with E-state index in [1.807, 2.05) is 30.3 Å². The third-order valence-corrected chi connectivity index (χ3v) is 4.78. The van der Waals surface area contributed by atoms with Crippen LogP contribution in [0, 0.1) is 0 Å². The standard InChI is InChI=1S/C17H19BrN4O/c1-12-7-5-6-10-14(12)20-21-15-11-19-22(17(23)16(15)18)13-8-3-2-4-9-13/h2-4,8-9,11,20-21H,5-7,10H2,1H3. The summed E-state index contributed by atoms with van der Waals surface area (Å²) in [5.74, 6) is 0. The lowest BCUT2D eigenvalue weighted by Crippen LogP contribution is -2.28. The highest BCUT2D eigenvalue weighted by atomic mass is 79.9. The lowest BCUT2D eigenvalue weighted by Gasteiger charge is -2.20. The van der Waals surface area contributed by atoms with Gasteiger partial charge in [-0.1, -0.05) is 23.8 Å². The summed E-state index contributed by atoms with van der Waals surface area (Å²) in [6, 6.07) is 9.36. The second-order valence-corrected chi connectivity index (χ2v) is 6.43. The van der Waals surface area contributed by atoms with E-state index in [0.29, 0.717) is 10.2 Å². The Hall–Kier alpha value is -2.08. The maximum Gasteiger partial charge on any atom is 0.287 e. The molecule has 1 aliphatic rings. The number of hydrogen-bond donors (Lipinski definition) is 2. The zero-order valence-electron chi connectivity index (χ0n) is 13.0. The highest BCUT2D eigenvalue weighted by Gasteiger charge is 2.12. The van der Waals surface area contributed by atoms with Gasteiger partial charge in [-0.3, -0.25) is 10.2 Å². The van der Waals surface area contributed by atoms with Gasteiger partial charge in [-0.2, -0.15) is 9.78 Å². The largest absolute Gasteiger partial charge is 0.305 e. The zero-order chi connectivity index (χ0) is 16.2. The molecule has 1 aromatic carbocycles. The molecule has 23 heavy (non-hydrogen) atoms. The molecule has 2 N–H and O–H groups in total. The molecule has 2 aromatic rings. The van der Waals surface area contributed by atoms with Crippen LogP contribution >= 0.6 is 15.9 Å². The van der Waals surface area contributed by atoms with Gasteiger partial charge in [-0.05, 0) is 60.7 Å². The highest BCUT2D eigenvalue weighted by molar-refractivity contribution is 9.10. The number of rotatable bonds is 4. The molecule has 1 heterocycles. The van der Waals surface area contributed by atoms with Crippen LogP contribution in [0.3, 0.4) is 0 Å². The van der Waals surface area contributed by atoms with Crippen molar-refractivity contribution in [3.63, 3.8) is 0 Å². The summed E-state index contributed by atoms with van der Waals surface area (Å²) in [4.78, 5) is 12.5. The minimum Gasteiger partial charge on any atom is -0.305 e. The Morgan fingerprint density at radius 1 is 1.13 bits per heavy atom. The van der Waals surface area contributed by atoms with Crippen molar-refractivity contribution in [2.45, 2.75) is 32.6 Å². The number of nitrogens with one attached hydrogen (secondary N) is 2. The molecule has 1 aliphatic carbocycles. The Morgan fingerprint density at radius 3 is 2.61 bits per heavy atom. The van der Waals surface area contributed by atoms with Crippen LogP contribution in [-0.2, 0) is 0 Å². The van der Waals surface area contributed by atoms with Gasteiger partial charge in [-0.15, -0.1) is 0 Å². The van der Waals surface area contributed by atoms with Crippen molar-refractivity contribution in [2.75, 3.05) is 5.43 Å². The van der Waals surface area contributed by atoms with E-state index in [1.165, 1.54) is 28.8 Å².